The fourth-order valence-corrected chi connectivity index (χ4v) is 6.02. The fraction of sp³-hybridized carbons (Fsp3) is 0.615. The molecule has 1 atom stereocenters. The van der Waals surface area contributed by atoms with Gasteiger partial charge >= 0.3 is 0 Å². The van der Waals surface area contributed by atoms with Crippen molar-refractivity contribution in [3.05, 3.63) is 51.6 Å². The Labute approximate surface area is 195 Å². The molecule has 1 N–H and O–H groups in total. The summed E-state index contributed by atoms with van der Waals surface area (Å²) in [5.74, 6) is 0.990. The smallest absolute Gasteiger partial charge is 0.252 e. The SMILES string of the molecule is CCC[C@H](c1nnnn1C1CCCC1)N(Cc1cc2cccc(C)c2[nH]c1=O)C1CCCC1. The highest BCUT2D eigenvalue weighted by Gasteiger charge is 2.34. The average molecular weight is 449 g/mol. The van der Waals surface area contributed by atoms with Crippen LogP contribution < -0.4 is 5.56 Å². The van der Waals surface area contributed by atoms with Gasteiger partial charge in [0.05, 0.1) is 17.6 Å². The Hall–Kier alpha value is -2.54. The summed E-state index contributed by atoms with van der Waals surface area (Å²) in [6, 6.07) is 9.28. The Morgan fingerprint density at radius 2 is 1.91 bits per heavy atom. The minimum absolute atomic E-state index is 0.0189. The van der Waals surface area contributed by atoms with Crippen molar-refractivity contribution in [2.24, 2.45) is 0 Å². The molecule has 3 aromatic rings. The molecule has 0 spiro atoms. The normalized spacial score (nSPS) is 18.6. The molecule has 2 heterocycles. The summed E-state index contributed by atoms with van der Waals surface area (Å²) in [5, 5.41) is 14.2. The molecule has 2 saturated carbocycles. The van der Waals surface area contributed by atoms with Crippen LogP contribution >= 0.6 is 0 Å². The summed E-state index contributed by atoms with van der Waals surface area (Å²) in [5.41, 5.74) is 2.89. The number of fused-ring (bicyclic) bond motifs is 1. The maximum absolute atomic E-state index is 13.2. The van der Waals surface area contributed by atoms with E-state index in [1.54, 1.807) is 0 Å². The van der Waals surface area contributed by atoms with Gasteiger partial charge in [-0.25, -0.2) is 4.68 Å². The molecule has 2 fully saturated rings. The second-order valence-electron chi connectivity index (χ2n) is 10.00. The molecule has 0 aliphatic heterocycles. The van der Waals surface area contributed by atoms with Gasteiger partial charge in [0.2, 0.25) is 0 Å². The van der Waals surface area contributed by atoms with E-state index in [0.717, 1.165) is 53.5 Å². The molecule has 2 aliphatic carbocycles. The Morgan fingerprint density at radius 1 is 1.15 bits per heavy atom. The van der Waals surface area contributed by atoms with Gasteiger partial charge in [0.1, 0.15) is 0 Å². The number of aryl methyl sites for hydroxylation is 1. The third kappa shape index (κ3) is 4.47. The number of aromatic amines is 1. The van der Waals surface area contributed by atoms with Crippen LogP contribution in [0.25, 0.3) is 10.9 Å². The molecule has 176 valence electrons. The van der Waals surface area contributed by atoms with Crippen molar-refractivity contribution in [2.45, 2.75) is 103 Å². The lowest BCUT2D eigenvalue weighted by Gasteiger charge is -2.36. The van der Waals surface area contributed by atoms with Gasteiger partial charge in [-0.2, -0.15) is 0 Å². The van der Waals surface area contributed by atoms with E-state index < -0.39 is 0 Å². The second-order valence-corrected chi connectivity index (χ2v) is 10.00. The van der Waals surface area contributed by atoms with Crippen LogP contribution in [0.3, 0.4) is 0 Å². The Bertz CT molecular complexity index is 1140. The van der Waals surface area contributed by atoms with Crippen LogP contribution in [0.2, 0.25) is 0 Å². The third-order valence-corrected chi connectivity index (χ3v) is 7.76. The van der Waals surface area contributed by atoms with Crippen molar-refractivity contribution < 1.29 is 0 Å². The third-order valence-electron chi connectivity index (χ3n) is 7.76. The molecule has 0 saturated heterocycles. The molecule has 7 nitrogen and oxygen atoms in total. The van der Waals surface area contributed by atoms with E-state index in [9.17, 15) is 4.79 Å². The first kappa shape index (κ1) is 22.3. The summed E-state index contributed by atoms with van der Waals surface area (Å²) < 4.78 is 2.11. The fourth-order valence-electron chi connectivity index (χ4n) is 6.02. The molecular formula is C26H36N6O. The van der Waals surface area contributed by atoms with Crippen molar-refractivity contribution in [2.75, 3.05) is 0 Å². The monoisotopic (exact) mass is 448 g/mol. The van der Waals surface area contributed by atoms with E-state index in [2.05, 4.69) is 55.2 Å². The van der Waals surface area contributed by atoms with Crippen LogP contribution in [0, 0.1) is 6.92 Å². The molecule has 0 amide bonds. The topological polar surface area (TPSA) is 79.7 Å². The molecule has 7 heteroatoms. The van der Waals surface area contributed by atoms with Crippen LogP contribution in [0.5, 0.6) is 0 Å². The first-order valence-corrected chi connectivity index (χ1v) is 12.8. The van der Waals surface area contributed by atoms with Crippen LogP contribution in [-0.4, -0.2) is 36.1 Å². The van der Waals surface area contributed by atoms with Gasteiger partial charge in [0.15, 0.2) is 5.82 Å². The summed E-state index contributed by atoms with van der Waals surface area (Å²) >= 11 is 0. The van der Waals surface area contributed by atoms with Crippen molar-refractivity contribution >= 4 is 10.9 Å². The van der Waals surface area contributed by atoms with E-state index in [1.165, 1.54) is 38.5 Å². The van der Waals surface area contributed by atoms with Crippen molar-refractivity contribution in [1.29, 1.82) is 0 Å². The zero-order valence-electron chi connectivity index (χ0n) is 20.0. The summed E-state index contributed by atoms with van der Waals surface area (Å²) in [4.78, 5) is 18.9. The number of rotatable bonds is 8. The molecule has 33 heavy (non-hydrogen) atoms. The van der Waals surface area contributed by atoms with E-state index in [-0.39, 0.29) is 11.6 Å². The van der Waals surface area contributed by atoms with E-state index in [1.807, 2.05) is 13.0 Å². The van der Waals surface area contributed by atoms with Crippen molar-refractivity contribution in [3.63, 3.8) is 0 Å². The number of para-hydroxylation sites is 1. The molecule has 1 aromatic carbocycles. The lowest BCUT2D eigenvalue weighted by atomic mass is 10.0. The molecule has 0 unspecified atom stereocenters. The van der Waals surface area contributed by atoms with Crippen LogP contribution in [0.1, 0.15) is 100 Å². The van der Waals surface area contributed by atoms with Gasteiger partial charge < -0.3 is 4.98 Å². The highest BCUT2D eigenvalue weighted by molar-refractivity contribution is 5.81. The van der Waals surface area contributed by atoms with Crippen LogP contribution in [-0.2, 0) is 6.54 Å². The number of benzene rings is 1. The molecule has 0 bridgehead atoms. The number of H-pyrrole nitrogens is 1. The zero-order valence-corrected chi connectivity index (χ0v) is 20.0. The maximum atomic E-state index is 13.2. The van der Waals surface area contributed by atoms with E-state index in [4.69, 9.17) is 0 Å². The largest absolute Gasteiger partial charge is 0.321 e. The summed E-state index contributed by atoms with van der Waals surface area (Å²) in [7, 11) is 0. The Balaban J connectivity index is 1.53. The van der Waals surface area contributed by atoms with Gasteiger partial charge in [-0.15, -0.1) is 5.10 Å². The predicted octanol–water partition coefficient (Wildman–Crippen LogP) is 5.22. The maximum Gasteiger partial charge on any atom is 0.252 e. The highest BCUT2D eigenvalue weighted by Crippen LogP contribution is 2.37. The lowest BCUT2D eigenvalue weighted by Crippen LogP contribution is -2.39. The molecule has 2 aliphatic rings. The van der Waals surface area contributed by atoms with Crippen molar-refractivity contribution in [1.82, 2.24) is 30.1 Å². The van der Waals surface area contributed by atoms with Gasteiger partial charge in [-0.05, 0) is 66.5 Å². The zero-order chi connectivity index (χ0) is 22.8. The molecule has 5 rings (SSSR count). The Kier molecular flexibility index (Phi) is 6.58. The van der Waals surface area contributed by atoms with Crippen LogP contribution in [0.15, 0.2) is 29.1 Å². The quantitative estimate of drug-likeness (QED) is 0.511. The number of hydrogen-bond donors (Lipinski definition) is 1. The number of aromatic nitrogens is 5. The van der Waals surface area contributed by atoms with E-state index >= 15 is 0 Å². The average Bonchev–Trinajstić information content (AvgIpc) is 3.59. The Morgan fingerprint density at radius 3 is 2.67 bits per heavy atom. The minimum Gasteiger partial charge on any atom is -0.321 e. The summed E-state index contributed by atoms with van der Waals surface area (Å²) in [6.45, 7) is 4.91. The number of tetrazole rings is 1. The first-order valence-electron chi connectivity index (χ1n) is 12.8. The van der Waals surface area contributed by atoms with Gasteiger partial charge in [0.25, 0.3) is 5.56 Å². The van der Waals surface area contributed by atoms with E-state index in [0.29, 0.717) is 18.6 Å². The van der Waals surface area contributed by atoms with Gasteiger partial charge in [0, 0.05) is 18.2 Å². The molecule has 2 aromatic heterocycles. The number of hydrogen-bond acceptors (Lipinski definition) is 5. The van der Waals surface area contributed by atoms with Gasteiger partial charge in [-0.3, -0.25) is 9.69 Å². The first-order chi connectivity index (χ1) is 16.2. The number of pyridine rings is 1. The standard InChI is InChI=1S/C26H36N6O/c1-3-9-23(25-28-29-30-32(25)22-14-6-7-15-22)31(21-12-4-5-13-21)17-20-16-19-11-8-10-18(2)24(19)27-26(20)33/h8,10-11,16,21-23H,3-7,9,12-15,17H2,1-2H3,(H,27,33)/t23-/m1/s1. The molecular weight excluding hydrogens is 412 g/mol. The molecule has 0 radical (unpaired) electrons. The van der Waals surface area contributed by atoms with Gasteiger partial charge in [-0.1, -0.05) is 57.2 Å². The van der Waals surface area contributed by atoms with Crippen LogP contribution in [0.4, 0.5) is 0 Å². The lowest BCUT2D eigenvalue weighted by molar-refractivity contribution is 0.106. The number of nitrogens with zero attached hydrogens (tertiary/aromatic N) is 5. The predicted molar refractivity (Wildman–Crippen MR) is 130 cm³/mol. The number of nitrogens with one attached hydrogen (secondary N) is 1. The summed E-state index contributed by atoms with van der Waals surface area (Å²) in [6.07, 6.45) is 11.7. The second kappa shape index (κ2) is 9.75. The van der Waals surface area contributed by atoms with Crippen molar-refractivity contribution in [3.8, 4) is 0 Å². The highest BCUT2D eigenvalue weighted by atomic mass is 16.1. The minimum atomic E-state index is 0.0189.